The lowest BCUT2D eigenvalue weighted by molar-refractivity contribution is 0.0322. The van der Waals surface area contributed by atoms with Crippen LogP contribution in [0.3, 0.4) is 0 Å². The fourth-order valence-corrected chi connectivity index (χ4v) is 3.89. The third kappa shape index (κ3) is 4.80. The molecule has 0 aliphatic carbocycles. The molecule has 31 heavy (non-hydrogen) atoms. The number of aromatic nitrogens is 4. The summed E-state index contributed by atoms with van der Waals surface area (Å²) >= 11 is 0. The van der Waals surface area contributed by atoms with Gasteiger partial charge in [0.25, 0.3) is 5.56 Å². The molecule has 1 aromatic carbocycles. The van der Waals surface area contributed by atoms with Gasteiger partial charge in [0.05, 0.1) is 19.5 Å². The Balaban J connectivity index is 1.58. The Kier molecular flexibility index (Phi) is 6.67. The summed E-state index contributed by atoms with van der Waals surface area (Å²) in [4.78, 5) is 26.4. The smallest absolute Gasteiger partial charge is 0.278 e. The van der Waals surface area contributed by atoms with E-state index >= 15 is 0 Å². The zero-order valence-corrected chi connectivity index (χ0v) is 18.5. The Hall–Kier alpha value is -2.71. The number of nitrogens with zero attached hydrogens (tertiary/aromatic N) is 4. The molecule has 0 spiro atoms. The fourth-order valence-electron chi connectivity index (χ4n) is 3.89. The predicted molar refractivity (Wildman–Crippen MR) is 120 cm³/mol. The minimum Gasteiger partial charge on any atom is -0.492 e. The van der Waals surface area contributed by atoms with E-state index in [1.165, 1.54) is 6.33 Å². The first kappa shape index (κ1) is 21.5. The maximum absolute atomic E-state index is 12.3. The lowest BCUT2D eigenvalue weighted by Gasteiger charge is -2.26. The second-order valence-electron chi connectivity index (χ2n) is 8.37. The van der Waals surface area contributed by atoms with Crippen LogP contribution in [0.1, 0.15) is 38.2 Å². The highest BCUT2D eigenvalue weighted by Gasteiger charge is 2.22. The Bertz CT molecular complexity index is 1070. The second kappa shape index (κ2) is 9.62. The predicted octanol–water partition coefficient (Wildman–Crippen LogP) is 2.64. The van der Waals surface area contributed by atoms with Crippen molar-refractivity contribution in [3.63, 3.8) is 0 Å². The van der Waals surface area contributed by atoms with Gasteiger partial charge in [0.1, 0.15) is 18.2 Å². The summed E-state index contributed by atoms with van der Waals surface area (Å²) in [7, 11) is 0. The largest absolute Gasteiger partial charge is 0.492 e. The topological polar surface area (TPSA) is 85.3 Å². The number of imidazole rings is 1. The van der Waals surface area contributed by atoms with E-state index in [9.17, 15) is 4.79 Å². The van der Waals surface area contributed by atoms with E-state index in [0.29, 0.717) is 30.1 Å². The van der Waals surface area contributed by atoms with Crippen molar-refractivity contribution < 1.29 is 9.47 Å². The van der Waals surface area contributed by atoms with Crippen LogP contribution in [0.4, 0.5) is 0 Å². The van der Waals surface area contributed by atoms with E-state index in [-0.39, 0.29) is 11.6 Å². The van der Waals surface area contributed by atoms with Crippen molar-refractivity contribution in [1.29, 1.82) is 0 Å². The fraction of sp³-hybridized carbons (Fsp3) is 0.522. The van der Waals surface area contributed by atoms with Gasteiger partial charge in [0, 0.05) is 37.7 Å². The molecule has 4 rings (SSSR count). The number of benzene rings is 1. The molecular formula is C23H31N5O3. The van der Waals surface area contributed by atoms with Crippen LogP contribution in [0, 0.1) is 5.92 Å². The van der Waals surface area contributed by atoms with Crippen molar-refractivity contribution in [3.05, 3.63) is 52.3 Å². The Morgan fingerprint density at radius 3 is 2.74 bits per heavy atom. The first-order valence-electron chi connectivity index (χ1n) is 11.0. The van der Waals surface area contributed by atoms with E-state index in [2.05, 4.69) is 51.3 Å². The third-order valence-corrected chi connectivity index (χ3v) is 6.02. The standard InChI is InChI=1S/C23H31N5O3/c1-16(2)17(3)28-20(26-21-22(28)24-15-25-23(21)29)14-18-6-4-5-7-19(18)31-13-10-27-8-11-30-12-9-27/h4-7,15-17H,8-14H2,1-3H3,(H,24,25,29)/t17-/m1/s1. The van der Waals surface area contributed by atoms with Crippen molar-refractivity contribution >= 4 is 11.2 Å². The van der Waals surface area contributed by atoms with Gasteiger partial charge in [-0.05, 0) is 18.9 Å². The van der Waals surface area contributed by atoms with Crippen LogP contribution in [0.15, 0.2) is 35.4 Å². The molecule has 0 bridgehead atoms. The first-order valence-corrected chi connectivity index (χ1v) is 11.0. The molecule has 1 aliphatic rings. The summed E-state index contributed by atoms with van der Waals surface area (Å²) in [5, 5.41) is 0. The lowest BCUT2D eigenvalue weighted by Crippen LogP contribution is -2.38. The van der Waals surface area contributed by atoms with Crippen molar-refractivity contribution in [2.24, 2.45) is 5.92 Å². The van der Waals surface area contributed by atoms with Gasteiger partial charge in [0.15, 0.2) is 11.2 Å². The number of aromatic amines is 1. The molecule has 1 fully saturated rings. The molecule has 1 saturated heterocycles. The van der Waals surface area contributed by atoms with Crippen molar-refractivity contribution in [1.82, 2.24) is 24.4 Å². The van der Waals surface area contributed by atoms with E-state index in [4.69, 9.17) is 9.47 Å². The number of rotatable bonds is 8. The highest BCUT2D eigenvalue weighted by atomic mass is 16.5. The summed E-state index contributed by atoms with van der Waals surface area (Å²) in [5.41, 5.74) is 1.85. The van der Waals surface area contributed by atoms with E-state index in [0.717, 1.165) is 50.0 Å². The van der Waals surface area contributed by atoms with Crippen molar-refractivity contribution in [3.8, 4) is 5.75 Å². The number of nitrogens with one attached hydrogen (secondary N) is 1. The molecule has 3 aromatic rings. The molecule has 166 valence electrons. The van der Waals surface area contributed by atoms with E-state index < -0.39 is 0 Å². The lowest BCUT2D eigenvalue weighted by atomic mass is 10.1. The molecule has 0 saturated carbocycles. The average molecular weight is 426 g/mol. The molecule has 2 aromatic heterocycles. The van der Waals surface area contributed by atoms with Crippen LogP contribution in [0.5, 0.6) is 5.75 Å². The maximum Gasteiger partial charge on any atom is 0.278 e. The number of ether oxygens (including phenoxy) is 2. The molecule has 3 heterocycles. The van der Waals surface area contributed by atoms with Gasteiger partial charge in [0.2, 0.25) is 0 Å². The molecule has 0 radical (unpaired) electrons. The molecular weight excluding hydrogens is 394 g/mol. The average Bonchev–Trinajstić information content (AvgIpc) is 3.14. The van der Waals surface area contributed by atoms with Gasteiger partial charge in [-0.3, -0.25) is 9.69 Å². The highest BCUT2D eigenvalue weighted by Crippen LogP contribution is 2.27. The molecule has 1 N–H and O–H groups in total. The molecule has 1 atom stereocenters. The Morgan fingerprint density at radius 1 is 1.19 bits per heavy atom. The van der Waals surface area contributed by atoms with Gasteiger partial charge < -0.3 is 19.0 Å². The monoisotopic (exact) mass is 425 g/mol. The van der Waals surface area contributed by atoms with Crippen LogP contribution in [-0.4, -0.2) is 63.9 Å². The molecule has 8 nitrogen and oxygen atoms in total. The van der Waals surface area contributed by atoms with Crippen LogP contribution in [0.25, 0.3) is 11.2 Å². The van der Waals surface area contributed by atoms with Gasteiger partial charge in [-0.25, -0.2) is 9.97 Å². The van der Waals surface area contributed by atoms with Crippen molar-refractivity contribution in [2.45, 2.75) is 33.2 Å². The minimum atomic E-state index is -0.212. The number of para-hydroxylation sites is 1. The number of H-pyrrole nitrogens is 1. The maximum atomic E-state index is 12.3. The summed E-state index contributed by atoms with van der Waals surface area (Å²) in [6.45, 7) is 11.4. The number of fused-ring (bicyclic) bond motifs is 1. The molecule has 0 unspecified atom stereocenters. The first-order chi connectivity index (χ1) is 15.0. The number of hydrogen-bond acceptors (Lipinski definition) is 6. The zero-order valence-electron chi connectivity index (χ0n) is 18.5. The van der Waals surface area contributed by atoms with Crippen LogP contribution < -0.4 is 10.3 Å². The SMILES string of the molecule is CC(C)[C@@H](C)n1c(Cc2ccccc2OCCN2CCOCC2)nc2c(=O)[nH]cnc21. The van der Waals surface area contributed by atoms with Crippen LogP contribution in [-0.2, 0) is 11.2 Å². The summed E-state index contributed by atoms with van der Waals surface area (Å²) in [6, 6.07) is 8.21. The van der Waals surface area contributed by atoms with Crippen LogP contribution >= 0.6 is 0 Å². The summed E-state index contributed by atoms with van der Waals surface area (Å²) in [6.07, 6.45) is 2.02. The van der Waals surface area contributed by atoms with E-state index in [1.807, 2.05) is 18.2 Å². The Labute approximate surface area is 182 Å². The number of hydrogen-bond donors (Lipinski definition) is 1. The van der Waals surface area contributed by atoms with Crippen LogP contribution in [0.2, 0.25) is 0 Å². The molecule has 8 heteroatoms. The Morgan fingerprint density at radius 2 is 1.97 bits per heavy atom. The summed E-state index contributed by atoms with van der Waals surface area (Å²) < 4.78 is 13.7. The molecule has 0 amide bonds. The number of morpholine rings is 1. The van der Waals surface area contributed by atoms with Gasteiger partial charge in [-0.1, -0.05) is 32.0 Å². The summed E-state index contributed by atoms with van der Waals surface area (Å²) in [5.74, 6) is 2.05. The van der Waals surface area contributed by atoms with Crippen molar-refractivity contribution in [2.75, 3.05) is 39.5 Å². The van der Waals surface area contributed by atoms with Gasteiger partial charge >= 0.3 is 0 Å². The highest BCUT2D eigenvalue weighted by molar-refractivity contribution is 5.70. The zero-order chi connectivity index (χ0) is 21.8. The normalized spacial score (nSPS) is 16.1. The van der Waals surface area contributed by atoms with E-state index in [1.54, 1.807) is 0 Å². The quantitative estimate of drug-likeness (QED) is 0.597. The second-order valence-corrected chi connectivity index (χ2v) is 8.37. The van der Waals surface area contributed by atoms with Gasteiger partial charge in [-0.15, -0.1) is 0 Å². The minimum absolute atomic E-state index is 0.156. The third-order valence-electron chi connectivity index (χ3n) is 6.02. The van der Waals surface area contributed by atoms with Gasteiger partial charge in [-0.2, -0.15) is 0 Å². The molecule has 1 aliphatic heterocycles.